The fourth-order valence-corrected chi connectivity index (χ4v) is 3.60. The first kappa shape index (κ1) is 20.7. The van der Waals surface area contributed by atoms with Crippen molar-refractivity contribution in [2.75, 3.05) is 6.54 Å². The molecular formula is C25H29N3O. The summed E-state index contributed by atoms with van der Waals surface area (Å²) >= 11 is 0. The summed E-state index contributed by atoms with van der Waals surface area (Å²) in [5, 5.41) is 0. The van der Waals surface area contributed by atoms with Crippen LogP contribution in [0.3, 0.4) is 0 Å². The van der Waals surface area contributed by atoms with Crippen LogP contribution in [-0.2, 0) is 6.42 Å². The normalized spacial score (nSPS) is 18.3. The molecule has 29 heavy (non-hydrogen) atoms. The Balaban J connectivity index is 0.00000117. The summed E-state index contributed by atoms with van der Waals surface area (Å²) < 4.78 is 5.42. The first-order valence-electron chi connectivity index (χ1n) is 10.4. The van der Waals surface area contributed by atoms with Crippen LogP contribution in [0.15, 0.2) is 86.2 Å². The third-order valence-corrected chi connectivity index (χ3v) is 5.04. The molecule has 0 bridgehead atoms. The van der Waals surface area contributed by atoms with Crippen molar-refractivity contribution < 1.29 is 4.42 Å². The molecule has 1 aliphatic carbocycles. The number of aryl methyl sites for hydroxylation is 1. The molecule has 0 radical (unpaired) electrons. The summed E-state index contributed by atoms with van der Waals surface area (Å²) in [6, 6.07) is 6.23. The van der Waals surface area contributed by atoms with Gasteiger partial charge in [-0.25, -0.2) is 4.98 Å². The van der Waals surface area contributed by atoms with Gasteiger partial charge in [-0.3, -0.25) is 9.98 Å². The van der Waals surface area contributed by atoms with E-state index in [2.05, 4.69) is 53.3 Å². The van der Waals surface area contributed by atoms with Crippen LogP contribution < -0.4 is 0 Å². The van der Waals surface area contributed by atoms with Gasteiger partial charge in [-0.1, -0.05) is 44.2 Å². The highest BCUT2D eigenvalue weighted by Gasteiger charge is 2.28. The Morgan fingerprint density at radius 1 is 1.24 bits per heavy atom. The summed E-state index contributed by atoms with van der Waals surface area (Å²) in [7, 11) is 0. The number of fused-ring (bicyclic) bond motifs is 2. The molecule has 1 aromatic heterocycles. The molecule has 4 nitrogen and oxygen atoms in total. The van der Waals surface area contributed by atoms with Gasteiger partial charge in [0.15, 0.2) is 12.0 Å². The molecule has 150 valence electrons. The molecule has 0 N–H and O–H groups in total. The lowest BCUT2D eigenvalue weighted by Gasteiger charge is -2.20. The average Bonchev–Trinajstić information content (AvgIpc) is 3.41. The Labute approximate surface area is 173 Å². The molecule has 1 unspecified atom stereocenters. The van der Waals surface area contributed by atoms with Gasteiger partial charge in [-0.15, -0.1) is 0 Å². The molecule has 0 amide bonds. The van der Waals surface area contributed by atoms with E-state index in [1.54, 1.807) is 0 Å². The number of aliphatic imine (C=N–C) groups is 2. The molecule has 1 atom stereocenters. The van der Waals surface area contributed by atoms with Gasteiger partial charge in [0.1, 0.15) is 5.52 Å². The highest BCUT2D eigenvalue weighted by atomic mass is 16.3. The predicted molar refractivity (Wildman–Crippen MR) is 123 cm³/mol. The van der Waals surface area contributed by atoms with Gasteiger partial charge in [0.25, 0.3) is 0 Å². The van der Waals surface area contributed by atoms with Crippen molar-refractivity contribution in [3.05, 3.63) is 77.4 Å². The highest BCUT2D eigenvalue weighted by Crippen LogP contribution is 2.34. The summed E-state index contributed by atoms with van der Waals surface area (Å²) in [4.78, 5) is 13.3. The largest absolute Gasteiger partial charge is 0.443 e. The lowest BCUT2D eigenvalue weighted by Crippen LogP contribution is -2.18. The van der Waals surface area contributed by atoms with E-state index in [0.717, 1.165) is 41.8 Å². The molecule has 2 aliphatic rings. The van der Waals surface area contributed by atoms with Crippen molar-refractivity contribution in [2.24, 2.45) is 15.9 Å². The molecule has 4 heteroatoms. The average molecular weight is 388 g/mol. The molecule has 4 rings (SSSR count). The third-order valence-electron chi connectivity index (χ3n) is 5.04. The first-order chi connectivity index (χ1) is 14.3. The van der Waals surface area contributed by atoms with E-state index < -0.39 is 0 Å². The molecule has 1 aromatic carbocycles. The zero-order valence-corrected chi connectivity index (χ0v) is 17.7. The Kier molecular flexibility index (Phi) is 7.12. The summed E-state index contributed by atoms with van der Waals surface area (Å²) in [6.45, 7) is 8.89. The minimum absolute atomic E-state index is 0.233. The maximum Gasteiger partial charge on any atom is 0.181 e. The Morgan fingerprint density at radius 3 is 2.90 bits per heavy atom. The fraction of sp³-hybridized carbons (Fsp3) is 0.320. The Hall–Kier alpha value is -3.01. The topological polar surface area (TPSA) is 50.8 Å². The third kappa shape index (κ3) is 4.53. The molecule has 0 saturated heterocycles. The Morgan fingerprint density at radius 2 is 2.10 bits per heavy atom. The minimum Gasteiger partial charge on any atom is -0.443 e. The van der Waals surface area contributed by atoms with E-state index in [0.29, 0.717) is 0 Å². The van der Waals surface area contributed by atoms with Gasteiger partial charge in [-0.2, -0.15) is 0 Å². The van der Waals surface area contributed by atoms with E-state index in [9.17, 15) is 0 Å². The summed E-state index contributed by atoms with van der Waals surface area (Å²) in [5.41, 5.74) is 7.85. The number of allylic oxidation sites excluding steroid dienone is 7. The number of oxazole rings is 1. The summed E-state index contributed by atoms with van der Waals surface area (Å²) in [6.07, 6.45) is 16.0. The van der Waals surface area contributed by atoms with Crippen LogP contribution in [0.4, 0.5) is 0 Å². The van der Waals surface area contributed by atoms with Crippen LogP contribution in [0.1, 0.15) is 39.7 Å². The van der Waals surface area contributed by atoms with Crippen molar-refractivity contribution in [3.8, 4) is 0 Å². The van der Waals surface area contributed by atoms with E-state index in [-0.39, 0.29) is 5.92 Å². The molecule has 0 fully saturated rings. The van der Waals surface area contributed by atoms with Gasteiger partial charge < -0.3 is 4.42 Å². The lowest BCUT2D eigenvalue weighted by atomic mass is 9.83. The van der Waals surface area contributed by atoms with Crippen molar-refractivity contribution in [2.45, 2.75) is 40.5 Å². The van der Waals surface area contributed by atoms with Crippen molar-refractivity contribution in [1.29, 1.82) is 0 Å². The second-order valence-corrected chi connectivity index (χ2v) is 6.68. The molecule has 2 heterocycles. The number of benzene rings is 1. The highest BCUT2D eigenvalue weighted by molar-refractivity contribution is 6.09. The zero-order valence-electron chi connectivity index (χ0n) is 17.7. The maximum atomic E-state index is 5.42. The van der Waals surface area contributed by atoms with Crippen molar-refractivity contribution in [3.63, 3.8) is 0 Å². The van der Waals surface area contributed by atoms with Gasteiger partial charge in [0.2, 0.25) is 0 Å². The minimum atomic E-state index is 0.233. The number of rotatable bonds is 6. The number of nitrogens with zero attached hydrogens (tertiary/aromatic N) is 3. The standard InChI is InChI=1S/C23H23N3O.C2H6/c1-3-17(13-24-4-2)20-14-25-23-18(6-5-7-19(20)23)10-8-16-9-11-21-22(12-16)27-15-26-21;1-2/h3,5-7,9,11-15,19H,4,8,10H2,1-2H3;1-2H3/b17-3+,24-13?;. The summed E-state index contributed by atoms with van der Waals surface area (Å²) in [5.74, 6) is 0.233. The SMILES string of the molecule is C/C=C(\C=NCC)C1=CN=C2C(CCc3ccc4ncoc4c3)=CC=CC12.CC. The first-order valence-corrected chi connectivity index (χ1v) is 10.4. The molecule has 1 aliphatic heterocycles. The van der Waals surface area contributed by atoms with Crippen molar-refractivity contribution >= 4 is 23.0 Å². The quantitative estimate of drug-likeness (QED) is 0.548. The van der Waals surface area contributed by atoms with Gasteiger partial charge in [0.05, 0.1) is 5.71 Å². The van der Waals surface area contributed by atoms with E-state index >= 15 is 0 Å². The van der Waals surface area contributed by atoms with E-state index in [1.165, 1.54) is 23.1 Å². The lowest BCUT2D eigenvalue weighted by molar-refractivity contribution is 0.601. The zero-order chi connectivity index (χ0) is 20.6. The van der Waals surface area contributed by atoms with E-state index in [4.69, 9.17) is 9.41 Å². The molecule has 0 spiro atoms. The van der Waals surface area contributed by atoms with Crippen LogP contribution in [0.25, 0.3) is 11.1 Å². The van der Waals surface area contributed by atoms with E-state index in [1.807, 2.05) is 39.3 Å². The van der Waals surface area contributed by atoms with Gasteiger partial charge in [0, 0.05) is 24.9 Å². The second kappa shape index (κ2) is 9.97. The van der Waals surface area contributed by atoms with Crippen LogP contribution in [0.2, 0.25) is 0 Å². The van der Waals surface area contributed by atoms with Crippen molar-refractivity contribution in [1.82, 2.24) is 4.98 Å². The number of hydrogen-bond donors (Lipinski definition) is 0. The van der Waals surface area contributed by atoms with Crippen LogP contribution in [0.5, 0.6) is 0 Å². The Bertz CT molecular complexity index is 1030. The van der Waals surface area contributed by atoms with Gasteiger partial charge in [-0.05, 0) is 61.1 Å². The molecule has 2 aromatic rings. The maximum absolute atomic E-state index is 5.42. The van der Waals surface area contributed by atoms with Crippen LogP contribution >= 0.6 is 0 Å². The molecule has 0 saturated carbocycles. The monoisotopic (exact) mass is 387 g/mol. The molecular weight excluding hydrogens is 358 g/mol. The fourth-order valence-electron chi connectivity index (χ4n) is 3.60. The predicted octanol–water partition coefficient (Wildman–Crippen LogP) is 6.27. The van der Waals surface area contributed by atoms with Crippen LogP contribution in [-0.4, -0.2) is 23.5 Å². The van der Waals surface area contributed by atoms with Crippen LogP contribution in [0, 0.1) is 5.92 Å². The number of aromatic nitrogens is 1. The second-order valence-electron chi connectivity index (χ2n) is 6.68. The number of hydrogen-bond acceptors (Lipinski definition) is 4. The van der Waals surface area contributed by atoms with Gasteiger partial charge >= 0.3 is 0 Å². The smallest absolute Gasteiger partial charge is 0.181 e.